The molecule has 1 heterocycles. The lowest BCUT2D eigenvalue weighted by Gasteiger charge is -2.01. The smallest absolute Gasteiger partial charge is 0.362 e. The Morgan fingerprint density at radius 2 is 1.79 bits per heavy atom. The summed E-state index contributed by atoms with van der Waals surface area (Å²) in [6.07, 6.45) is 1.61. The van der Waals surface area contributed by atoms with Gasteiger partial charge in [-0.25, -0.2) is 14.6 Å². The number of cyclic esters (lactones) is 1. The molecule has 0 saturated heterocycles. The van der Waals surface area contributed by atoms with Crippen LogP contribution in [0.2, 0.25) is 0 Å². The number of hydrogen-bond acceptors (Lipinski definition) is 5. The van der Waals surface area contributed by atoms with Crippen LogP contribution in [0.25, 0.3) is 5.76 Å². The Morgan fingerprint density at radius 3 is 2.46 bits per heavy atom. The first kappa shape index (κ1) is 15.7. The molecule has 5 nitrogen and oxygen atoms in total. The molecule has 0 atom stereocenters. The zero-order valence-corrected chi connectivity index (χ0v) is 13.1. The zero-order valence-electron chi connectivity index (χ0n) is 13.1. The SMILES string of the molecule is CCOC(=O)c1ccc(N=C2C=C(c3ccccc3)OC2=O)cc1. The van der Waals surface area contributed by atoms with Gasteiger partial charge in [0.1, 0.15) is 5.76 Å². The molecule has 0 bridgehead atoms. The molecule has 2 aromatic carbocycles. The first-order valence-corrected chi connectivity index (χ1v) is 7.52. The van der Waals surface area contributed by atoms with E-state index in [4.69, 9.17) is 9.47 Å². The van der Waals surface area contributed by atoms with Crippen molar-refractivity contribution in [3.05, 3.63) is 71.8 Å². The molecule has 24 heavy (non-hydrogen) atoms. The summed E-state index contributed by atoms with van der Waals surface area (Å²) in [4.78, 5) is 27.8. The van der Waals surface area contributed by atoms with E-state index in [2.05, 4.69) is 4.99 Å². The topological polar surface area (TPSA) is 65.0 Å². The number of benzene rings is 2. The van der Waals surface area contributed by atoms with E-state index in [1.54, 1.807) is 37.3 Å². The monoisotopic (exact) mass is 321 g/mol. The molecule has 0 saturated carbocycles. The zero-order chi connectivity index (χ0) is 16.9. The molecule has 0 unspecified atom stereocenters. The number of carbonyl (C=O) groups is 2. The van der Waals surface area contributed by atoms with E-state index in [1.807, 2.05) is 30.3 Å². The lowest BCUT2D eigenvalue weighted by molar-refractivity contribution is -0.128. The average molecular weight is 321 g/mol. The predicted octanol–water partition coefficient (Wildman–Crippen LogP) is 3.53. The van der Waals surface area contributed by atoms with E-state index in [0.717, 1.165) is 5.56 Å². The van der Waals surface area contributed by atoms with Gasteiger partial charge >= 0.3 is 11.9 Å². The van der Waals surface area contributed by atoms with Crippen LogP contribution >= 0.6 is 0 Å². The number of carbonyl (C=O) groups excluding carboxylic acids is 2. The summed E-state index contributed by atoms with van der Waals surface area (Å²) in [5, 5.41) is 0. The van der Waals surface area contributed by atoms with E-state index in [1.165, 1.54) is 0 Å². The summed E-state index contributed by atoms with van der Waals surface area (Å²) >= 11 is 0. The van der Waals surface area contributed by atoms with Crippen molar-refractivity contribution in [2.45, 2.75) is 6.92 Å². The van der Waals surface area contributed by atoms with E-state index in [0.29, 0.717) is 23.6 Å². The van der Waals surface area contributed by atoms with Gasteiger partial charge in [-0.3, -0.25) is 0 Å². The third-order valence-electron chi connectivity index (χ3n) is 3.37. The standard InChI is InChI=1S/C19H15NO4/c1-2-23-18(21)14-8-10-15(11-9-14)20-16-12-17(24-19(16)22)13-6-4-3-5-7-13/h3-12H,2H2,1H3. The maximum absolute atomic E-state index is 11.9. The second-order valence-corrected chi connectivity index (χ2v) is 5.03. The van der Waals surface area contributed by atoms with Crippen LogP contribution in [0.5, 0.6) is 0 Å². The van der Waals surface area contributed by atoms with Crippen LogP contribution < -0.4 is 0 Å². The predicted molar refractivity (Wildman–Crippen MR) is 90.0 cm³/mol. The van der Waals surface area contributed by atoms with Gasteiger partial charge in [0.2, 0.25) is 0 Å². The largest absolute Gasteiger partial charge is 0.462 e. The van der Waals surface area contributed by atoms with Gasteiger partial charge in [0.05, 0.1) is 17.9 Å². The lowest BCUT2D eigenvalue weighted by atomic mass is 10.2. The van der Waals surface area contributed by atoms with Gasteiger partial charge in [-0.05, 0) is 31.2 Å². The van der Waals surface area contributed by atoms with Crippen molar-refractivity contribution >= 4 is 29.1 Å². The van der Waals surface area contributed by atoms with Gasteiger partial charge in [-0.1, -0.05) is 30.3 Å². The van der Waals surface area contributed by atoms with E-state index >= 15 is 0 Å². The molecule has 0 radical (unpaired) electrons. The number of esters is 2. The number of hydrogen-bond donors (Lipinski definition) is 0. The molecule has 1 aliphatic heterocycles. The molecular formula is C19H15NO4. The number of nitrogens with zero attached hydrogens (tertiary/aromatic N) is 1. The summed E-state index contributed by atoms with van der Waals surface area (Å²) in [6, 6.07) is 15.9. The molecule has 120 valence electrons. The summed E-state index contributed by atoms with van der Waals surface area (Å²) in [6.45, 7) is 2.07. The first-order chi connectivity index (χ1) is 11.7. The summed E-state index contributed by atoms with van der Waals surface area (Å²) in [5.74, 6) is -0.408. The molecule has 0 N–H and O–H groups in total. The average Bonchev–Trinajstić information content (AvgIpc) is 2.97. The maximum Gasteiger partial charge on any atom is 0.362 e. The van der Waals surface area contributed by atoms with Crippen molar-refractivity contribution in [2.75, 3.05) is 6.61 Å². The Kier molecular flexibility index (Phi) is 4.52. The van der Waals surface area contributed by atoms with Crippen LogP contribution in [0, 0.1) is 0 Å². The number of rotatable bonds is 4. The summed E-state index contributed by atoms with van der Waals surface area (Å²) in [5.41, 5.74) is 2.03. The minimum Gasteiger partial charge on any atom is -0.462 e. The van der Waals surface area contributed by atoms with Gasteiger partial charge in [-0.15, -0.1) is 0 Å². The highest BCUT2D eigenvalue weighted by Crippen LogP contribution is 2.23. The molecule has 0 amide bonds. The van der Waals surface area contributed by atoms with Crippen LogP contribution in [0.3, 0.4) is 0 Å². The fourth-order valence-electron chi connectivity index (χ4n) is 2.21. The Balaban J connectivity index is 1.82. The highest BCUT2D eigenvalue weighted by atomic mass is 16.5. The molecule has 3 rings (SSSR count). The highest BCUT2D eigenvalue weighted by Gasteiger charge is 2.23. The molecule has 0 spiro atoms. The molecule has 0 aliphatic carbocycles. The Morgan fingerprint density at radius 1 is 1.08 bits per heavy atom. The Labute approximate surface area is 139 Å². The molecule has 0 aromatic heterocycles. The van der Waals surface area contributed by atoms with Crippen molar-refractivity contribution in [1.82, 2.24) is 0 Å². The van der Waals surface area contributed by atoms with Crippen molar-refractivity contribution in [2.24, 2.45) is 4.99 Å². The molecule has 0 fully saturated rings. The van der Waals surface area contributed by atoms with Crippen molar-refractivity contribution in [1.29, 1.82) is 0 Å². The summed E-state index contributed by atoms with van der Waals surface area (Å²) < 4.78 is 10.2. The van der Waals surface area contributed by atoms with Crippen LogP contribution in [-0.4, -0.2) is 24.3 Å². The van der Waals surface area contributed by atoms with Crippen LogP contribution in [0.15, 0.2) is 65.7 Å². The fourth-order valence-corrected chi connectivity index (χ4v) is 2.21. The van der Waals surface area contributed by atoms with E-state index < -0.39 is 5.97 Å². The van der Waals surface area contributed by atoms with Crippen LogP contribution in [0.1, 0.15) is 22.8 Å². The molecule has 1 aliphatic rings. The fraction of sp³-hybridized carbons (Fsp3) is 0.105. The number of aliphatic imine (C=N–C) groups is 1. The molecule has 2 aromatic rings. The Bertz CT molecular complexity index is 820. The summed E-state index contributed by atoms with van der Waals surface area (Å²) in [7, 11) is 0. The van der Waals surface area contributed by atoms with E-state index in [-0.39, 0.29) is 11.7 Å². The van der Waals surface area contributed by atoms with Crippen molar-refractivity contribution in [3.8, 4) is 0 Å². The second-order valence-electron chi connectivity index (χ2n) is 5.03. The minimum atomic E-state index is -0.497. The van der Waals surface area contributed by atoms with Gasteiger partial charge in [0, 0.05) is 11.6 Å². The Hall–Kier alpha value is -3.21. The molecular weight excluding hydrogens is 306 g/mol. The maximum atomic E-state index is 11.9. The quantitative estimate of drug-likeness (QED) is 0.808. The third-order valence-corrected chi connectivity index (χ3v) is 3.37. The van der Waals surface area contributed by atoms with Crippen molar-refractivity contribution in [3.63, 3.8) is 0 Å². The minimum absolute atomic E-state index is 0.220. The van der Waals surface area contributed by atoms with Gasteiger partial charge in [0.15, 0.2) is 5.71 Å². The van der Waals surface area contributed by atoms with Crippen LogP contribution in [0.4, 0.5) is 5.69 Å². The second kappa shape index (κ2) is 6.91. The lowest BCUT2D eigenvalue weighted by Crippen LogP contribution is -2.06. The normalized spacial score (nSPS) is 15.1. The molecule has 5 heteroatoms. The first-order valence-electron chi connectivity index (χ1n) is 7.52. The van der Waals surface area contributed by atoms with Crippen LogP contribution in [-0.2, 0) is 14.3 Å². The third kappa shape index (κ3) is 3.41. The van der Waals surface area contributed by atoms with Gasteiger partial charge in [0.25, 0.3) is 0 Å². The van der Waals surface area contributed by atoms with Crippen molar-refractivity contribution < 1.29 is 19.1 Å². The van der Waals surface area contributed by atoms with E-state index in [9.17, 15) is 9.59 Å². The number of ether oxygens (including phenoxy) is 2. The van der Waals surface area contributed by atoms with Gasteiger partial charge < -0.3 is 9.47 Å². The van der Waals surface area contributed by atoms with Gasteiger partial charge in [-0.2, -0.15) is 0 Å². The highest BCUT2D eigenvalue weighted by molar-refractivity contribution is 6.46.